The van der Waals surface area contributed by atoms with E-state index < -0.39 is 0 Å². The minimum Gasteiger partial charge on any atom is -0.344 e. The van der Waals surface area contributed by atoms with Crippen LogP contribution in [-0.2, 0) is 4.79 Å². The summed E-state index contributed by atoms with van der Waals surface area (Å²) >= 11 is 1.01. The van der Waals surface area contributed by atoms with Crippen molar-refractivity contribution >= 4 is 17.5 Å². The first-order valence-electron chi connectivity index (χ1n) is 3.19. The number of rotatable bonds is 4. The SMILES string of the molecule is CC(C)CC(=O)CSC#N.N. The zero-order valence-electron chi connectivity index (χ0n) is 6.96. The van der Waals surface area contributed by atoms with Crippen molar-refractivity contribution in [3.8, 4) is 5.40 Å². The number of hydrogen-bond acceptors (Lipinski definition) is 4. The topological polar surface area (TPSA) is 75.9 Å². The lowest BCUT2D eigenvalue weighted by molar-refractivity contribution is -0.117. The number of Topliss-reactive ketones (excluding diaryl/α,β-unsaturated/α-hetero) is 1. The van der Waals surface area contributed by atoms with E-state index in [0.717, 1.165) is 11.8 Å². The van der Waals surface area contributed by atoms with E-state index in [1.54, 1.807) is 0 Å². The average Bonchev–Trinajstić information content (AvgIpc) is 1.82. The highest BCUT2D eigenvalue weighted by molar-refractivity contribution is 8.04. The second-order valence-corrected chi connectivity index (χ2v) is 3.28. The molecule has 0 spiro atoms. The molecule has 0 aromatic carbocycles. The third-order valence-corrected chi connectivity index (χ3v) is 1.53. The molecule has 4 heteroatoms. The number of thiocyanates is 1. The first kappa shape index (κ1) is 13.1. The summed E-state index contributed by atoms with van der Waals surface area (Å²) in [6.45, 7) is 3.99. The van der Waals surface area contributed by atoms with Crippen molar-refractivity contribution in [3.63, 3.8) is 0 Å². The number of nitriles is 1. The Morgan fingerprint density at radius 2 is 2.18 bits per heavy atom. The number of hydrogen-bond donors (Lipinski definition) is 1. The lowest BCUT2D eigenvalue weighted by atomic mass is 10.1. The molecule has 0 saturated carbocycles. The van der Waals surface area contributed by atoms with Gasteiger partial charge < -0.3 is 6.15 Å². The van der Waals surface area contributed by atoms with E-state index in [2.05, 4.69) is 0 Å². The summed E-state index contributed by atoms with van der Waals surface area (Å²) in [6, 6.07) is 0. The molecule has 0 heterocycles. The first-order chi connectivity index (χ1) is 4.66. The third-order valence-electron chi connectivity index (χ3n) is 0.934. The quantitative estimate of drug-likeness (QED) is 0.661. The van der Waals surface area contributed by atoms with Crippen molar-refractivity contribution in [2.75, 3.05) is 5.75 Å². The first-order valence-corrected chi connectivity index (χ1v) is 4.18. The summed E-state index contributed by atoms with van der Waals surface area (Å²) in [6.07, 6.45) is 0.592. The van der Waals surface area contributed by atoms with Crippen LogP contribution in [0.2, 0.25) is 0 Å². The monoisotopic (exact) mass is 174 g/mol. The second kappa shape index (κ2) is 7.58. The van der Waals surface area contributed by atoms with Crippen molar-refractivity contribution in [2.45, 2.75) is 20.3 Å². The number of nitrogens with zero attached hydrogens (tertiary/aromatic N) is 1. The van der Waals surface area contributed by atoms with Gasteiger partial charge in [-0.15, -0.1) is 0 Å². The molecular formula is C7H14N2OS. The zero-order valence-corrected chi connectivity index (χ0v) is 7.78. The van der Waals surface area contributed by atoms with Crippen LogP contribution in [-0.4, -0.2) is 11.5 Å². The van der Waals surface area contributed by atoms with Gasteiger partial charge in [-0.2, -0.15) is 5.26 Å². The molecule has 0 rings (SSSR count). The van der Waals surface area contributed by atoms with Gasteiger partial charge in [-0.1, -0.05) is 13.8 Å². The molecule has 0 amide bonds. The van der Waals surface area contributed by atoms with Crippen LogP contribution in [0.3, 0.4) is 0 Å². The molecule has 0 unspecified atom stereocenters. The van der Waals surface area contributed by atoms with Crippen molar-refractivity contribution < 1.29 is 4.79 Å². The summed E-state index contributed by atoms with van der Waals surface area (Å²) in [4.78, 5) is 10.8. The highest BCUT2D eigenvalue weighted by Gasteiger charge is 2.03. The van der Waals surface area contributed by atoms with Crippen LogP contribution in [0.25, 0.3) is 0 Å². The van der Waals surface area contributed by atoms with E-state index in [1.807, 2.05) is 19.2 Å². The Bertz CT molecular complexity index is 151. The number of thioether (sulfide) groups is 1. The van der Waals surface area contributed by atoms with Crippen molar-refractivity contribution in [1.82, 2.24) is 6.15 Å². The molecule has 0 aliphatic rings. The van der Waals surface area contributed by atoms with Gasteiger partial charge >= 0.3 is 0 Å². The van der Waals surface area contributed by atoms with Crippen LogP contribution in [0.5, 0.6) is 0 Å². The molecule has 11 heavy (non-hydrogen) atoms. The van der Waals surface area contributed by atoms with Gasteiger partial charge in [0.25, 0.3) is 0 Å². The molecule has 3 nitrogen and oxygen atoms in total. The fourth-order valence-electron chi connectivity index (χ4n) is 0.627. The summed E-state index contributed by atoms with van der Waals surface area (Å²) in [5.74, 6) is 0.919. The minimum absolute atomic E-state index is 0. The van der Waals surface area contributed by atoms with Crippen LogP contribution < -0.4 is 6.15 Å². The van der Waals surface area contributed by atoms with Gasteiger partial charge in [0, 0.05) is 6.42 Å². The molecule has 0 radical (unpaired) electrons. The van der Waals surface area contributed by atoms with Gasteiger partial charge in [-0.3, -0.25) is 4.79 Å². The predicted molar refractivity (Wildman–Crippen MR) is 47.6 cm³/mol. The van der Waals surface area contributed by atoms with Gasteiger partial charge in [0.15, 0.2) is 0 Å². The van der Waals surface area contributed by atoms with Gasteiger partial charge in [0.1, 0.15) is 11.2 Å². The predicted octanol–water partition coefficient (Wildman–Crippen LogP) is 1.98. The highest BCUT2D eigenvalue weighted by atomic mass is 32.2. The van der Waals surface area contributed by atoms with E-state index in [9.17, 15) is 4.79 Å². The molecule has 3 N–H and O–H groups in total. The molecule has 0 bridgehead atoms. The molecule has 0 aliphatic carbocycles. The Morgan fingerprint density at radius 1 is 1.64 bits per heavy atom. The van der Waals surface area contributed by atoms with Crippen LogP contribution in [0, 0.1) is 16.6 Å². The maximum atomic E-state index is 10.8. The maximum Gasteiger partial charge on any atom is 0.144 e. The molecule has 64 valence electrons. The summed E-state index contributed by atoms with van der Waals surface area (Å²) in [5, 5.41) is 9.98. The van der Waals surface area contributed by atoms with Crippen LogP contribution in [0.15, 0.2) is 0 Å². The zero-order chi connectivity index (χ0) is 7.98. The number of carbonyl (C=O) groups excluding carboxylic acids is 1. The molecule has 0 aromatic rings. The highest BCUT2D eigenvalue weighted by Crippen LogP contribution is 2.04. The molecular weight excluding hydrogens is 160 g/mol. The lowest BCUT2D eigenvalue weighted by Gasteiger charge is -1.99. The molecule has 0 aromatic heterocycles. The van der Waals surface area contributed by atoms with Gasteiger partial charge in [0.05, 0.1) is 5.75 Å². The molecule has 0 fully saturated rings. The van der Waals surface area contributed by atoms with Crippen molar-refractivity contribution in [3.05, 3.63) is 0 Å². The van der Waals surface area contributed by atoms with Crippen LogP contribution >= 0.6 is 11.8 Å². The second-order valence-electron chi connectivity index (χ2n) is 2.52. The van der Waals surface area contributed by atoms with Crippen molar-refractivity contribution in [2.24, 2.45) is 5.92 Å². The Morgan fingerprint density at radius 3 is 2.55 bits per heavy atom. The van der Waals surface area contributed by atoms with Gasteiger partial charge in [-0.05, 0) is 17.7 Å². The van der Waals surface area contributed by atoms with Crippen LogP contribution in [0.4, 0.5) is 0 Å². The van der Waals surface area contributed by atoms with E-state index in [1.165, 1.54) is 0 Å². The largest absolute Gasteiger partial charge is 0.344 e. The fourth-order valence-corrected chi connectivity index (χ4v) is 0.970. The Labute approximate surface area is 71.7 Å². The maximum absolute atomic E-state index is 10.8. The minimum atomic E-state index is 0. The van der Waals surface area contributed by atoms with Gasteiger partial charge in [-0.25, -0.2) is 0 Å². The summed E-state index contributed by atoms with van der Waals surface area (Å²) in [5.41, 5.74) is 0. The van der Waals surface area contributed by atoms with E-state index >= 15 is 0 Å². The average molecular weight is 174 g/mol. The number of carbonyl (C=O) groups is 1. The Kier molecular flexibility index (Phi) is 9.01. The Hall–Kier alpha value is -0.530. The lowest BCUT2D eigenvalue weighted by Crippen LogP contribution is -2.04. The smallest absolute Gasteiger partial charge is 0.144 e. The van der Waals surface area contributed by atoms with Crippen molar-refractivity contribution in [1.29, 1.82) is 5.26 Å². The fraction of sp³-hybridized carbons (Fsp3) is 0.714. The van der Waals surface area contributed by atoms with Crippen LogP contribution in [0.1, 0.15) is 20.3 Å². The summed E-state index contributed by atoms with van der Waals surface area (Å²) in [7, 11) is 0. The molecule has 0 atom stereocenters. The van der Waals surface area contributed by atoms with Gasteiger partial charge in [0.2, 0.25) is 0 Å². The normalized spacial score (nSPS) is 8.55. The van der Waals surface area contributed by atoms with E-state index in [-0.39, 0.29) is 11.9 Å². The molecule has 0 saturated heterocycles. The third kappa shape index (κ3) is 9.47. The standard InChI is InChI=1S/C7H11NOS.H3N/c1-6(2)3-7(9)4-10-5-8;/h6H,3-4H2,1-2H3;1H3. The van der Waals surface area contributed by atoms with E-state index in [4.69, 9.17) is 5.26 Å². The Balaban J connectivity index is 0. The number of ketones is 1. The van der Waals surface area contributed by atoms with E-state index in [0.29, 0.717) is 18.1 Å². The summed E-state index contributed by atoms with van der Waals surface area (Å²) < 4.78 is 0. The molecule has 0 aliphatic heterocycles.